The molecule has 1 aromatic heterocycles. The van der Waals surface area contributed by atoms with Crippen molar-refractivity contribution in [1.29, 1.82) is 0 Å². The van der Waals surface area contributed by atoms with Crippen LogP contribution in [0.3, 0.4) is 0 Å². The summed E-state index contributed by atoms with van der Waals surface area (Å²) in [6.07, 6.45) is -2.29. The molecule has 7 heteroatoms. The van der Waals surface area contributed by atoms with E-state index < -0.39 is 6.36 Å². The fourth-order valence-electron chi connectivity index (χ4n) is 1.38. The van der Waals surface area contributed by atoms with Crippen molar-refractivity contribution in [3.63, 3.8) is 0 Å². The summed E-state index contributed by atoms with van der Waals surface area (Å²) in [6, 6.07) is 2.69. The predicted octanol–water partition coefficient (Wildman–Crippen LogP) is 2.55. The SMILES string of the molecule is CC(CCCO)Nc1ccc(OC(F)(F)F)cn1. The van der Waals surface area contributed by atoms with Gasteiger partial charge in [0.1, 0.15) is 11.6 Å². The first-order valence-electron chi connectivity index (χ1n) is 5.50. The van der Waals surface area contributed by atoms with E-state index in [0.29, 0.717) is 12.2 Å². The Bertz CT molecular complexity index is 354. The Morgan fingerprint density at radius 1 is 1.44 bits per heavy atom. The van der Waals surface area contributed by atoms with E-state index in [1.165, 1.54) is 12.1 Å². The molecule has 0 aromatic carbocycles. The molecule has 2 N–H and O–H groups in total. The molecule has 1 rings (SSSR count). The van der Waals surface area contributed by atoms with Crippen LogP contribution in [0.2, 0.25) is 0 Å². The first-order chi connectivity index (χ1) is 8.40. The molecule has 18 heavy (non-hydrogen) atoms. The lowest BCUT2D eigenvalue weighted by Crippen LogP contribution is -2.18. The quantitative estimate of drug-likeness (QED) is 0.829. The zero-order chi connectivity index (χ0) is 13.6. The molecule has 0 spiro atoms. The second kappa shape index (κ2) is 6.44. The maximum atomic E-state index is 11.9. The van der Waals surface area contributed by atoms with Crippen molar-refractivity contribution < 1.29 is 23.0 Å². The molecule has 0 aliphatic carbocycles. The van der Waals surface area contributed by atoms with E-state index in [2.05, 4.69) is 15.0 Å². The van der Waals surface area contributed by atoms with Crippen LogP contribution < -0.4 is 10.1 Å². The molecule has 0 bridgehead atoms. The lowest BCUT2D eigenvalue weighted by atomic mass is 10.2. The minimum atomic E-state index is -4.70. The van der Waals surface area contributed by atoms with Crippen LogP contribution in [0.4, 0.5) is 19.0 Å². The van der Waals surface area contributed by atoms with Gasteiger partial charge in [-0.15, -0.1) is 13.2 Å². The largest absolute Gasteiger partial charge is 0.573 e. The number of anilines is 1. The average molecular weight is 264 g/mol. The number of halogens is 3. The normalized spacial score (nSPS) is 13.2. The zero-order valence-electron chi connectivity index (χ0n) is 9.87. The summed E-state index contributed by atoms with van der Waals surface area (Å²) in [4.78, 5) is 3.81. The number of nitrogens with zero attached hydrogens (tertiary/aromatic N) is 1. The molecule has 1 unspecified atom stereocenters. The topological polar surface area (TPSA) is 54.4 Å². The first-order valence-corrected chi connectivity index (χ1v) is 5.50. The molecule has 1 atom stereocenters. The number of ether oxygens (including phenoxy) is 1. The number of hydrogen-bond donors (Lipinski definition) is 2. The molecule has 0 saturated heterocycles. The number of aromatic nitrogens is 1. The van der Waals surface area contributed by atoms with E-state index in [1.54, 1.807) is 0 Å². The monoisotopic (exact) mass is 264 g/mol. The number of nitrogens with one attached hydrogen (secondary N) is 1. The highest BCUT2D eigenvalue weighted by Crippen LogP contribution is 2.22. The van der Waals surface area contributed by atoms with Crippen molar-refractivity contribution in [2.24, 2.45) is 0 Å². The molecule has 0 saturated carbocycles. The van der Waals surface area contributed by atoms with Gasteiger partial charge in [0.25, 0.3) is 0 Å². The standard InChI is InChI=1S/C11H15F3N2O2/c1-8(3-2-6-17)16-10-5-4-9(7-15-10)18-11(12,13)14/h4-5,7-8,17H,2-3,6H2,1H3,(H,15,16). The summed E-state index contributed by atoms with van der Waals surface area (Å²) >= 11 is 0. The molecule has 102 valence electrons. The summed E-state index contributed by atoms with van der Waals surface area (Å²) in [6.45, 7) is 2.01. The van der Waals surface area contributed by atoms with E-state index in [0.717, 1.165) is 12.6 Å². The number of rotatable bonds is 6. The number of alkyl halides is 3. The third kappa shape index (κ3) is 5.72. The van der Waals surface area contributed by atoms with Crippen molar-refractivity contribution in [2.75, 3.05) is 11.9 Å². The van der Waals surface area contributed by atoms with E-state index in [4.69, 9.17) is 5.11 Å². The van der Waals surface area contributed by atoms with Gasteiger partial charge in [-0.25, -0.2) is 4.98 Å². The van der Waals surface area contributed by atoms with Crippen LogP contribution >= 0.6 is 0 Å². The molecular weight excluding hydrogens is 249 g/mol. The highest BCUT2D eigenvalue weighted by Gasteiger charge is 2.31. The zero-order valence-corrected chi connectivity index (χ0v) is 9.87. The molecule has 1 aromatic rings. The second-order valence-electron chi connectivity index (χ2n) is 3.84. The minimum absolute atomic E-state index is 0.0824. The van der Waals surface area contributed by atoms with Crippen molar-refractivity contribution in [3.05, 3.63) is 18.3 Å². The van der Waals surface area contributed by atoms with Crippen LogP contribution in [0.5, 0.6) is 5.75 Å². The Hall–Kier alpha value is -1.50. The van der Waals surface area contributed by atoms with Gasteiger partial charge in [0.2, 0.25) is 0 Å². The number of aliphatic hydroxyl groups excluding tert-OH is 1. The van der Waals surface area contributed by atoms with Crippen LogP contribution in [0.25, 0.3) is 0 Å². The van der Waals surface area contributed by atoms with Gasteiger partial charge in [0.15, 0.2) is 0 Å². The molecule has 0 aliphatic rings. The van der Waals surface area contributed by atoms with E-state index >= 15 is 0 Å². The molecule has 0 amide bonds. The van der Waals surface area contributed by atoms with Gasteiger partial charge < -0.3 is 15.2 Å². The van der Waals surface area contributed by atoms with Crippen molar-refractivity contribution in [2.45, 2.75) is 32.2 Å². The smallest absolute Gasteiger partial charge is 0.404 e. The van der Waals surface area contributed by atoms with E-state index in [1.807, 2.05) is 6.92 Å². The number of hydrogen-bond acceptors (Lipinski definition) is 4. The summed E-state index contributed by atoms with van der Waals surface area (Å²) in [7, 11) is 0. The average Bonchev–Trinajstić information content (AvgIpc) is 2.27. The van der Waals surface area contributed by atoms with Crippen LogP contribution in [0.15, 0.2) is 18.3 Å². The highest BCUT2D eigenvalue weighted by molar-refractivity contribution is 5.38. The molecular formula is C11H15F3N2O2. The predicted molar refractivity (Wildman–Crippen MR) is 60.3 cm³/mol. The molecule has 4 nitrogen and oxygen atoms in total. The second-order valence-corrected chi connectivity index (χ2v) is 3.84. The first kappa shape index (κ1) is 14.6. The van der Waals surface area contributed by atoms with Gasteiger partial charge >= 0.3 is 6.36 Å². The lowest BCUT2D eigenvalue weighted by Gasteiger charge is -2.14. The number of pyridine rings is 1. The summed E-state index contributed by atoms with van der Waals surface area (Å²) in [5.74, 6) is 0.117. The minimum Gasteiger partial charge on any atom is -0.404 e. The van der Waals surface area contributed by atoms with Gasteiger partial charge in [-0.05, 0) is 31.9 Å². The highest BCUT2D eigenvalue weighted by atomic mass is 19.4. The Kier molecular flexibility index (Phi) is 5.21. The third-order valence-corrected chi connectivity index (χ3v) is 2.16. The van der Waals surface area contributed by atoms with Crippen molar-refractivity contribution >= 4 is 5.82 Å². The Labute approximate surface area is 103 Å². The summed E-state index contributed by atoms with van der Waals surface area (Å²) in [5.41, 5.74) is 0. The van der Waals surface area contributed by atoms with Crippen molar-refractivity contribution in [3.8, 4) is 5.75 Å². The molecule has 0 radical (unpaired) electrons. The lowest BCUT2D eigenvalue weighted by molar-refractivity contribution is -0.274. The van der Waals surface area contributed by atoms with Gasteiger partial charge in [-0.3, -0.25) is 0 Å². The van der Waals surface area contributed by atoms with E-state index in [9.17, 15) is 13.2 Å². The van der Waals surface area contributed by atoms with Gasteiger partial charge in [0.05, 0.1) is 6.20 Å². The maximum Gasteiger partial charge on any atom is 0.573 e. The van der Waals surface area contributed by atoms with Crippen LogP contribution in [-0.2, 0) is 0 Å². The molecule has 0 fully saturated rings. The fourth-order valence-corrected chi connectivity index (χ4v) is 1.38. The fraction of sp³-hybridized carbons (Fsp3) is 0.545. The Balaban J connectivity index is 2.50. The van der Waals surface area contributed by atoms with Crippen LogP contribution in [0.1, 0.15) is 19.8 Å². The van der Waals surface area contributed by atoms with Gasteiger partial charge in [-0.2, -0.15) is 0 Å². The Morgan fingerprint density at radius 3 is 2.67 bits per heavy atom. The molecule has 1 heterocycles. The van der Waals surface area contributed by atoms with Gasteiger partial charge in [0, 0.05) is 12.6 Å². The van der Waals surface area contributed by atoms with Crippen LogP contribution in [-0.4, -0.2) is 29.1 Å². The summed E-state index contributed by atoms with van der Waals surface area (Å²) in [5, 5.41) is 11.7. The third-order valence-electron chi connectivity index (χ3n) is 2.16. The maximum absolute atomic E-state index is 11.9. The number of aliphatic hydroxyl groups is 1. The molecule has 0 aliphatic heterocycles. The van der Waals surface area contributed by atoms with E-state index in [-0.39, 0.29) is 18.4 Å². The van der Waals surface area contributed by atoms with Gasteiger partial charge in [-0.1, -0.05) is 0 Å². The Morgan fingerprint density at radius 2 is 2.17 bits per heavy atom. The van der Waals surface area contributed by atoms with Crippen molar-refractivity contribution in [1.82, 2.24) is 4.98 Å². The van der Waals surface area contributed by atoms with Crippen LogP contribution in [0, 0.1) is 0 Å². The summed E-state index contributed by atoms with van der Waals surface area (Å²) < 4.78 is 39.4.